The fourth-order valence-electron chi connectivity index (χ4n) is 1.00. The number of carbonyl (C=O) groups excluding carboxylic acids is 1. The van der Waals surface area contributed by atoms with Crippen molar-refractivity contribution in [3.63, 3.8) is 0 Å². The van der Waals surface area contributed by atoms with E-state index in [1.807, 2.05) is 13.0 Å². The standard InChI is InChI=1S/C9H10ClNO/c1-7-2-8(5-11-4-7)3-9(10)6-12/h2,4-6,9H,3H2,1H3. The lowest BCUT2D eigenvalue weighted by molar-refractivity contribution is -0.107. The van der Waals surface area contributed by atoms with Crippen LogP contribution in [0, 0.1) is 6.92 Å². The van der Waals surface area contributed by atoms with Crippen LogP contribution in [0.2, 0.25) is 0 Å². The second-order valence-corrected chi connectivity index (χ2v) is 3.29. The van der Waals surface area contributed by atoms with E-state index in [4.69, 9.17) is 11.6 Å². The monoisotopic (exact) mass is 183 g/mol. The normalized spacial score (nSPS) is 12.5. The van der Waals surface area contributed by atoms with Gasteiger partial charge in [-0.15, -0.1) is 11.6 Å². The van der Waals surface area contributed by atoms with E-state index in [-0.39, 0.29) is 0 Å². The molecule has 12 heavy (non-hydrogen) atoms. The minimum absolute atomic E-state index is 0.436. The van der Waals surface area contributed by atoms with Crippen molar-refractivity contribution in [1.29, 1.82) is 0 Å². The van der Waals surface area contributed by atoms with Crippen LogP contribution in [0.4, 0.5) is 0 Å². The molecular formula is C9H10ClNO. The predicted octanol–water partition coefficient (Wildman–Crippen LogP) is 1.74. The van der Waals surface area contributed by atoms with Gasteiger partial charge in [-0.25, -0.2) is 0 Å². The van der Waals surface area contributed by atoms with Gasteiger partial charge in [-0.05, 0) is 24.5 Å². The van der Waals surface area contributed by atoms with E-state index in [0.29, 0.717) is 6.42 Å². The van der Waals surface area contributed by atoms with Crippen molar-refractivity contribution < 1.29 is 4.79 Å². The number of aromatic nitrogens is 1. The highest BCUT2D eigenvalue weighted by Crippen LogP contribution is 2.06. The Hall–Kier alpha value is -0.890. The second kappa shape index (κ2) is 4.21. The molecule has 0 saturated carbocycles. The molecule has 1 atom stereocenters. The predicted molar refractivity (Wildman–Crippen MR) is 48.4 cm³/mol. The molecular weight excluding hydrogens is 174 g/mol. The van der Waals surface area contributed by atoms with Crippen molar-refractivity contribution in [3.05, 3.63) is 29.6 Å². The van der Waals surface area contributed by atoms with E-state index in [2.05, 4.69) is 4.98 Å². The molecule has 0 aliphatic heterocycles. The number of hydrogen-bond donors (Lipinski definition) is 0. The number of halogens is 1. The summed E-state index contributed by atoms with van der Waals surface area (Å²) >= 11 is 5.66. The van der Waals surface area contributed by atoms with Crippen molar-refractivity contribution in [1.82, 2.24) is 4.98 Å². The molecule has 3 heteroatoms. The molecule has 1 aromatic heterocycles. The van der Waals surface area contributed by atoms with E-state index >= 15 is 0 Å². The first kappa shape index (κ1) is 9.20. The zero-order chi connectivity index (χ0) is 8.97. The molecule has 0 saturated heterocycles. The summed E-state index contributed by atoms with van der Waals surface area (Å²) in [5.74, 6) is 0. The van der Waals surface area contributed by atoms with Gasteiger partial charge < -0.3 is 4.79 Å². The molecule has 1 unspecified atom stereocenters. The van der Waals surface area contributed by atoms with E-state index in [0.717, 1.165) is 17.4 Å². The van der Waals surface area contributed by atoms with Crippen LogP contribution in [-0.2, 0) is 11.2 Å². The van der Waals surface area contributed by atoms with Crippen molar-refractivity contribution >= 4 is 17.9 Å². The number of hydrogen-bond acceptors (Lipinski definition) is 2. The van der Waals surface area contributed by atoms with E-state index in [1.165, 1.54) is 0 Å². The van der Waals surface area contributed by atoms with Crippen LogP contribution in [0.5, 0.6) is 0 Å². The van der Waals surface area contributed by atoms with Crippen LogP contribution in [0.3, 0.4) is 0 Å². The van der Waals surface area contributed by atoms with Gasteiger partial charge in [0, 0.05) is 12.4 Å². The first-order valence-corrected chi connectivity index (χ1v) is 4.16. The fraction of sp³-hybridized carbons (Fsp3) is 0.333. The van der Waals surface area contributed by atoms with Gasteiger partial charge in [0.25, 0.3) is 0 Å². The first-order chi connectivity index (χ1) is 5.72. The Morgan fingerprint density at radius 3 is 3.00 bits per heavy atom. The Labute approximate surface area is 76.6 Å². The third-order valence-electron chi connectivity index (χ3n) is 1.51. The Morgan fingerprint density at radius 2 is 2.42 bits per heavy atom. The maximum Gasteiger partial charge on any atom is 0.138 e. The SMILES string of the molecule is Cc1cncc(CC(Cl)C=O)c1. The van der Waals surface area contributed by atoms with E-state index < -0.39 is 5.38 Å². The minimum Gasteiger partial charge on any atom is -0.302 e. The Morgan fingerprint density at radius 1 is 1.67 bits per heavy atom. The van der Waals surface area contributed by atoms with Gasteiger partial charge in [0.05, 0.1) is 5.38 Å². The molecule has 0 aromatic carbocycles. The van der Waals surface area contributed by atoms with Gasteiger partial charge in [0.15, 0.2) is 0 Å². The van der Waals surface area contributed by atoms with Crippen molar-refractivity contribution in [3.8, 4) is 0 Å². The molecule has 0 radical (unpaired) electrons. The quantitative estimate of drug-likeness (QED) is 0.528. The van der Waals surface area contributed by atoms with Crippen LogP contribution in [-0.4, -0.2) is 16.6 Å². The number of nitrogens with zero attached hydrogens (tertiary/aromatic N) is 1. The minimum atomic E-state index is -0.436. The second-order valence-electron chi connectivity index (χ2n) is 2.73. The number of alkyl halides is 1. The van der Waals surface area contributed by atoms with Crippen LogP contribution < -0.4 is 0 Å². The van der Waals surface area contributed by atoms with Gasteiger partial charge in [0.1, 0.15) is 6.29 Å². The van der Waals surface area contributed by atoms with Gasteiger partial charge in [0.2, 0.25) is 0 Å². The maximum atomic E-state index is 10.2. The topological polar surface area (TPSA) is 30.0 Å². The summed E-state index contributed by atoms with van der Waals surface area (Å²) in [5, 5.41) is -0.436. The Kier molecular flexibility index (Phi) is 3.23. The average molecular weight is 184 g/mol. The lowest BCUT2D eigenvalue weighted by Crippen LogP contribution is -2.04. The molecule has 0 spiro atoms. The van der Waals surface area contributed by atoms with Gasteiger partial charge in [-0.2, -0.15) is 0 Å². The van der Waals surface area contributed by atoms with Crippen LogP contribution in [0.25, 0.3) is 0 Å². The molecule has 2 nitrogen and oxygen atoms in total. The lowest BCUT2D eigenvalue weighted by Gasteiger charge is -2.01. The van der Waals surface area contributed by atoms with E-state index in [9.17, 15) is 4.79 Å². The smallest absolute Gasteiger partial charge is 0.138 e. The molecule has 1 heterocycles. The number of rotatable bonds is 3. The zero-order valence-corrected chi connectivity index (χ0v) is 7.58. The average Bonchev–Trinajstić information content (AvgIpc) is 2.04. The highest BCUT2D eigenvalue weighted by molar-refractivity contribution is 6.27. The summed E-state index contributed by atoms with van der Waals surface area (Å²) in [6.07, 6.45) is 4.79. The largest absolute Gasteiger partial charge is 0.302 e. The Balaban J connectivity index is 2.69. The molecule has 0 N–H and O–H groups in total. The van der Waals surface area contributed by atoms with E-state index in [1.54, 1.807) is 12.4 Å². The molecule has 1 rings (SSSR count). The molecule has 0 aliphatic rings. The van der Waals surface area contributed by atoms with Crippen molar-refractivity contribution in [2.75, 3.05) is 0 Å². The highest BCUT2D eigenvalue weighted by atomic mass is 35.5. The van der Waals surface area contributed by atoms with Gasteiger partial charge in [-0.1, -0.05) is 6.07 Å². The number of aldehydes is 1. The maximum absolute atomic E-state index is 10.2. The first-order valence-electron chi connectivity index (χ1n) is 3.72. The van der Waals surface area contributed by atoms with Crippen LogP contribution in [0.15, 0.2) is 18.5 Å². The van der Waals surface area contributed by atoms with Gasteiger partial charge in [-0.3, -0.25) is 4.98 Å². The summed E-state index contributed by atoms with van der Waals surface area (Å²) < 4.78 is 0. The number of pyridine rings is 1. The van der Waals surface area contributed by atoms with Crippen LogP contribution in [0.1, 0.15) is 11.1 Å². The molecule has 0 aliphatic carbocycles. The van der Waals surface area contributed by atoms with Gasteiger partial charge >= 0.3 is 0 Å². The summed E-state index contributed by atoms with van der Waals surface area (Å²) in [4.78, 5) is 14.2. The molecule has 64 valence electrons. The third-order valence-corrected chi connectivity index (χ3v) is 1.77. The third kappa shape index (κ3) is 2.62. The summed E-state index contributed by atoms with van der Waals surface area (Å²) in [6, 6.07) is 1.98. The van der Waals surface area contributed by atoms with Crippen LogP contribution >= 0.6 is 11.6 Å². The fourth-order valence-corrected chi connectivity index (χ4v) is 1.18. The summed E-state index contributed by atoms with van der Waals surface area (Å²) in [7, 11) is 0. The van der Waals surface area contributed by atoms with Crippen molar-refractivity contribution in [2.24, 2.45) is 0 Å². The summed E-state index contributed by atoms with van der Waals surface area (Å²) in [5.41, 5.74) is 2.09. The molecule has 0 amide bonds. The molecule has 1 aromatic rings. The Bertz CT molecular complexity index is 275. The highest BCUT2D eigenvalue weighted by Gasteiger charge is 2.03. The lowest BCUT2D eigenvalue weighted by atomic mass is 10.1. The summed E-state index contributed by atoms with van der Waals surface area (Å²) in [6.45, 7) is 1.96. The molecule has 0 bridgehead atoms. The number of aryl methyl sites for hydroxylation is 1. The molecule has 0 fully saturated rings. The zero-order valence-electron chi connectivity index (χ0n) is 6.83. The number of carbonyl (C=O) groups is 1. The van der Waals surface area contributed by atoms with Crippen molar-refractivity contribution in [2.45, 2.75) is 18.7 Å².